The van der Waals surface area contributed by atoms with Crippen LogP contribution in [0.5, 0.6) is 5.75 Å². The molecule has 1 aromatic carbocycles. The first kappa shape index (κ1) is 15.3. The molecular weight excluding hydrogens is 322 g/mol. The van der Waals surface area contributed by atoms with Crippen molar-refractivity contribution in [3.05, 3.63) is 22.7 Å². The van der Waals surface area contributed by atoms with Crippen molar-refractivity contribution < 1.29 is 9.53 Å². The molecule has 110 valence electrons. The number of nitrogens with one attached hydrogen (secondary N) is 2. The van der Waals surface area contributed by atoms with E-state index in [-0.39, 0.29) is 5.91 Å². The number of benzene rings is 1. The molecule has 1 heterocycles. The van der Waals surface area contributed by atoms with Crippen LogP contribution in [0.15, 0.2) is 22.7 Å². The van der Waals surface area contributed by atoms with Crippen molar-refractivity contribution in [3.63, 3.8) is 0 Å². The summed E-state index contributed by atoms with van der Waals surface area (Å²) in [6.07, 6.45) is 1.08. The molecule has 0 saturated carbocycles. The smallest absolute Gasteiger partial charge is 0.238 e. The minimum absolute atomic E-state index is 0.0108. The van der Waals surface area contributed by atoms with Crippen LogP contribution in [-0.4, -0.2) is 50.6 Å². The van der Waals surface area contributed by atoms with Crippen LogP contribution in [-0.2, 0) is 4.79 Å². The lowest BCUT2D eigenvalue weighted by atomic mass is 10.3. The number of rotatable bonds is 4. The molecule has 20 heavy (non-hydrogen) atoms. The van der Waals surface area contributed by atoms with Crippen molar-refractivity contribution in [2.45, 2.75) is 6.42 Å². The molecule has 1 aromatic rings. The Kier molecular flexibility index (Phi) is 5.82. The Balaban J connectivity index is 1.95. The van der Waals surface area contributed by atoms with Crippen molar-refractivity contribution in [1.29, 1.82) is 0 Å². The van der Waals surface area contributed by atoms with Crippen LogP contribution < -0.4 is 15.4 Å². The van der Waals surface area contributed by atoms with Gasteiger partial charge in [-0.05, 0) is 37.7 Å². The van der Waals surface area contributed by atoms with Gasteiger partial charge in [-0.15, -0.1) is 0 Å². The van der Waals surface area contributed by atoms with Gasteiger partial charge in [0.1, 0.15) is 5.75 Å². The number of methoxy groups -OCH3 is 1. The second-order valence-corrected chi connectivity index (χ2v) is 5.69. The molecule has 5 nitrogen and oxygen atoms in total. The lowest BCUT2D eigenvalue weighted by Gasteiger charge is -2.19. The summed E-state index contributed by atoms with van der Waals surface area (Å²) in [5, 5.41) is 6.24. The number of ether oxygens (including phenoxy) is 1. The maximum Gasteiger partial charge on any atom is 0.238 e. The predicted molar refractivity (Wildman–Crippen MR) is 83.3 cm³/mol. The molecule has 1 amide bonds. The molecule has 1 aliphatic rings. The first-order chi connectivity index (χ1) is 9.69. The van der Waals surface area contributed by atoms with Gasteiger partial charge < -0.3 is 15.4 Å². The Morgan fingerprint density at radius 3 is 3.10 bits per heavy atom. The molecule has 6 heteroatoms. The van der Waals surface area contributed by atoms with Crippen molar-refractivity contribution in [2.75, 3.05) is 45.2 Å². The standard InChI is InChI=1S/C14H20BrN3O2/c1-20-13-4-3-11(15)9-12(13)17-14(19)10-18-7-2-5-16-6-8-18/h3-4,9,16H,2,5-8,10H2,1H3,(H,17,19). The summed E-state index contributed by atoms with van der Waals surface area (Å²) in [5.41, 5.74) is 0.694. The fraction of sp³-hybridized carbons (Fsp3) is 0.500. The van der Waals surface area contributed by atoms with E-state index in [2.05, 4.69) is 31.5 Å². The van der Waals surface area contributed by atoms with Crippen LogP contribution >= 0.6 is 15.9 Å². The second kappa shape index (κ2) is 7.61. The number of carbonyl (C=O) groups excluding carboxylic acids is 1. The summed E-state index contributed by atoms with van der Waals surface area (Å²) in [6, 6.07) is 5.56. The average Bonchev–Trinajstić information content (AvgIpc) is 2.67. The summed E-state index contributed by atoms with van der Waals surface area (Å²) in [5.74, 6) is 0.655. The Hall–Kier alpha value is -1.11. The number of halogens is 1. The number of nitrogens with zero attached hydrogens (tertiary/aromatic N) is 1. The number of anilines is 1. The molecule has 1 fully saturated rings. The summed E-state index contributed by atoms with van der Waals surface area (Å²) in [7, 11) is 1.60. The van der Waals surface area contributed by atoms with Crippen molar-refractivity contribution in [1.82, 2.24) is 10.2 Å². The maximum atomic E-state index is 12.1. The van der Waals surface area contributed by atoms with Gasteiger partial charge in [-0.25, -0.2) is 0 Å². The average molecular weight is 342 g/mol. The van der Waals surface area contributed by atoms with E-state index < -0.39 is 0 Å². The van der Waals surface area contributed by atoms with Crippen LogP contribution in [0.4, 0.5) is 5.69 Å². The number of amides is 1. The highest BCUT2D eigenvalue weighted by Crippen LogP contribution is 2.27. The van der Waals surface area contributed by atoms with Crippen molar-refractivity contribution >= 4 is 27.5 Å². The second-order valence-electron chi connectivity index (χ2n) is 4.77. The molecule has 1 aliphatic heterocycles. The van der Waals surface area contributed by atoms with E-state index in [9.17, 15) is 4.79 Å². The van der Waals surface area contributed by atoms with Gasteiger partial charge in [0, 0.05) is 17.6 Å². The van der Waals surface area contributed by atoms with Crippen molar-refractivity contribution in [2.24, 2.45) is 0 Å². The normalized spacial score (nSPS) is 16.5. The molecule has 0 aliphatic carbocycles. The molecule has 0 aromatic heterocycles. The summed E-state index contributed by atoms with van der Waals surface area (Å²) in [4.78, 5) is 14.3. The van der Waals surface area contributed by atoms with Gasteiger partial charge in [0.2, 0.25) is 5.91 Å². The van der Waals surface area contributed by atoms with E-state index >= 15 is 0 Å². The molecule has 0 spiro atoms. The number of hydrogen-bond acceptors (Lipinski definition) is 4. The first-order valence-electron chi connectivity index (χ1n) is 6.75. The van der Waals surface area contributed by atoms with Gasteiger partial charge in [0.25, 0.3) is 0 Å². The van der Waals surface area contributed by atoms with Gasteiger partial charge in [-0.3, -0.25) is 9.69 Å². The van der Waals surface area contributed by atoms with Crippen molar-refractivity contribution in [3.8, 4) is 5.75 Å². The molecule has 0 bridgehead atoms. The molecule has 0 unspecified atom stereocenters. The number of carbonyl (C=O) groups is 1. The minimum Gasteiger partial charge on any atom is -0.495 e. The molecule has 2 rings (SSSR count). The fourth-order valence-corrected chi connectivity index (χ4v) is 2.59. The third kappa shape index (κ3) is 4.47. The zero-order valence-corrected chi connectivity index (χ0v) is 13.2. The van der Waals surface area contributed by atoms with Crippen LogP contribution in [0.3, 0.4) is 0 Å². The monoisotopic (exact) mass is 341 g/mol. The van der Waals surface area contributed by atoms with Gasteiger partial charge in [0.05, 0.1) is 19.3 Å². The quantitative estimate of drug-likeness (QED) is 0.875. The third-order valence-corrected chi connectivity index (χ3v) is 3.73. The molecule has 2 N–H and O–H groups in total. The van der Waals surface area contributed by atoms with E-state index in [1.165, 1.54) is 0 Å². The van der Waals surface area contributed by atoms with Crippen LogP contribution in [0.2, 0.25) is 0 Å². The SMILES string of the molecule is COc1ccc(Br)cc1NC(=O)CN1CCCNCC1. The van der Waals surface area contributed by atoms with E-state index in [0.717, 1.165) is 37.1 Å². The molecule has 0 atom stereocenters. The minimum atomic E-state index is -0.0108. The molecular formula is C14H20BrN3O2. The van der Waals surface area contributed by atoms with Crippen LogP contribution in [0.25, 0.3) is 0 Å². The lowest BCUT2D eigenvalue weighted by Crippen LogP contribution is -2.35. The number of hydrogen-bond donors (Lipinski definition) is 2. The summed E-state index contributed by atoms with van der Waals surface area (Å²) < 4.78 is 6.16. The largest absolute Gasteiger partial charge is 0.495 e. The zero-order chi connectivity index (χ0) is 14.4. The Bertz CT molecular complexity index is 460. The summed E-state index contributed by atoms with van der Waals surface area (Å²) >= 11 is 3.40. The Labute approximate surface area is 127 Å². The highest BCUT2D eigenvalue weighted by Gasteiger charge is 2.14. The Morgan fingerprint density at radius 2 is 2.30 bits per heavy atom. The van der Waals surface area contributed by atoms with Gasteiger partial charge in [-0.2, -0.15) is 0 Å². The van der Waals surface area contributed by atoms with E-state index in [0.29, 0.717) is 18.0 Å². The zero-order valence-electron chi connectivity index (χ0n) is 11.6. The maximum absolute atomic E-state index is 12.1. The van der Waals surface area contributed by atoms with Crippen LogP contribution in [0.1, 0.15) is 6.42 Å². The van der Waals surface area contributed by atoms with Gasteiger partial charge in [-0.1, -0.05) is 15.9 Å². The third-order valence-electron chi connectivity index (χ3n) is 3.24. The van der Waals surface area contributed by atoms with Crippen LogP contribution in [0, 0.1) is 0 Å². The first-order valence-corrected chi connectivity index (χ1v) is 7.55. The molecule has 1 saturated heterocycles. The van der Waals surface area contributed by atoms with E-state index in [1.807, 2.05) is 18.2 Å². The van der Waals surface area contributed by atoms with Gasteiger partial charge in [0.15, 0.2) is 0 Å². The highest BCUT2D eigenvalue weighted by atomic mass is 79.9. The van der Waals surface area contributed by atoms with E-state index in [1.54, 1.807) is 7.11 Å². The fourth-order valence-electron chi connectivity index (χ4n) is 2.23. The lowest BCUT2D eigenvalue weighted by molar-refractivity contribution is -0.117. The van der Waals surface area contributed by atoms with Gasteiger partial charge >= 0.3 is 0 Å². The predicted octanol–water partition coefficient (Wildman–Crippen LogP) is 1.69. The Morgan fingerprint density at radius 1 is 1.45 bits per heavy atom. The molecule has 0 radical (unpaired) electrons. The topological polar surface area (TPSA) is 53.6 Å². The van der Waals surface area contributed by atoms with E-state index in [4.69, 9.17) is 4.74 Å². The summed E-state index contributed by atoms with van der Waals surface area (Å²) in [6.45, 7) is 4.24. The highest BCUT2D eigenvalue weighted by molar-refractivity contribution is 9.10.